The molecule has 0 bridgehead atoms. The number of imidazole rings is 1. The fraction of sp³-hybridized carbons (Fsp3) is 0.259. The molecule has 2 aliphatic heterocycles. The minimum absolute atomic E-state index is 0.236. The smallest absolute Gasteiger partial charge is 0.296 e. The Labute approximate surface area is 221 Å². The number of aromatic nitrogens is 5. The molecule has 0 amide bonds. The summed E-state index contributed by atoms with van der Waals surface area (Å²) in [7, 11) is 0. The summed E-state index contributed by atoms with van der Waals surface area (Å²) in [5.41, 5.74) is 5.60. The largest absolute Gasteiger partial charge is 0.456 e. The lowest BCUT2D eigenvalue weighted by Crippen LogP contribution is -2.34. The highest BCUT2D eigenvalue weighted by molar-refractivity contribution is 6.33. The monoisotopic (exact) mass is 531 g/mol. The number of hydrogen-bond donors (Lipinski definition) is 2. The first-order chi connectivity index (χ1) is 18.5. The number of nitrogens with one attached hydrogen (secondary N) is 1. The SMILES string of the molecule is Cc1noc(-c2ccc(-c3ccc(-c4nc5nc(O[C@@H]6CO[C@H]7[C@@H]6OC[C@H]7O)[nH]c5cc4Cl)cc3)cc2)n1. The molecule has 2 fully saturated rings. The van der Waals surface area contributed by atoms with Gasteiger partial charge < -0.3 is 28.8 Å². The Morgan fingerprint density at radius 3 is 2.29 bits per heavy atom. The Morgan fingerprint density at radius 1 is 0.895 bits per heavy atom. The van der Waals surface area contributed by atoms with Gasteiger partial charge in [-0.05, 0) is 36.2 Å². The lowest BCUT2D eigenvalue weighted by atomic mass is 10.0. The van der Waals surface area contributed by atoms with Crippen molar-refractivity contribution >= 4 is 22.8 Å². The van der Waals surface area contributed by atoms with Gasteiger partial charge in [-0.3, -0.25) is 0 Å². The Hall–Kier alpha value is -3.83. The van der Waals surface area contributed by atoms with Crippen LogP contribution in [-0.4, -0.2) is 67.8 Å². The van der Waals surface area contributed by atoms with Gasteiger partial charge in [0.05, 0.1) is 29.4 Å². The number of H-pyrrole nitrogens is 1. The van der Waals surface area contributed by atoms with Crippen LogP contribution in [0.15, 0.2) is 59.1 Å². The molecule has 5 aromatic rings. The molecule has 0 spiro atoms. The van der Waals surface area contributed by atoms with E-state index in [1.165, 1.54) is 0 Å². The van der Waals surface area contributed by atoms with Crippen molar-refractivity contribution in [3.63, 3.8) is 0 Å². The second kappa shape index (κ2) is 9.17. The van der Waals surface area contributed by atoms with E-state index in [2.05, 4.69) is 25.1 Å². The van der Waals surface area contributed by atoms with Gasteiger partial charge in [-0.25, -0.2) is 4.98 Å². The number of pyridine rings is 1. The number of hydrogen-bond acceptors (Lipinski definition) is 9. The first-order valence-electron chi connectivity index (χ1n) is 12.2. The molecule has 7 rings (SSSR count). The second-order valence-corrected chi connectivity index (χ2v) is 9.76. The molecule has 2 saturated heterocycles. The second-order valence-electron chi connectivity index (χ2n) is 9.35. The molecular formula is C27H22ClN5O5. The standard InChI is InChI=1S/C27H22ClN5O5/c1-13-29-26(38-33-13)17-8-4-15(5-9-17)14-2-6-16(7-3-14)22-18(28)10-19-25(31-22)32-27(30-19)37-21-12-36-23-20(34)11-35-24(21)23/h2-10,20-21,23-24,34H,11-12H2,1H3,(H,30,31,32)/t20-,21-,23-,24-/m1/s1. The molecule has 0 saturated carbocycles. The highest BCUT2D eigenvalue weighted by Crippen LogP contribution is 2.33. The van der Waals surface area contributed by atoms with E-state index in [-0.39, 0.29) is 24.9 Å². The number of aliphatic hydroxyl groups excluding tert-OH is 1. The van der Waals surface area contributed by atoms with Crippen LogP contribution >= 0.6 is 11.6 Å². The van der Waals surface area contributed by atoms with Crippen LogP contribution in [0.2, 0.25) is 5.02 Å². The van der Waals surface area contributed by atoms with Gasteiger partial charge in [0.1, 0.15) is 18.3 Å². The van der Waals surface area contributed by atoms with E-state index < -0.39 is 6.10 Å². The van der Waals surface area contributed by atoms with Crippen molar-refractivity contribution in [1.29, 1.82) is 0 Å². The van der Waals surface area contributed by atoms with Gasteiger partial charge >= 0.3 is 0 Å². The number of aliphatic hydroxyl groups is 1. The van der Waals surface area contributed by atoms with E-state index in [0.29, 0.717) is 46.2 Å². The van der Waals surface area contributed by atoms with E-state index >= 15 is 0 Å². The van der Waals surface area contributed by atoms with Crippen LogP contribution in [0, 0.1) is 6.92 Å². The van der Waals surface area contributed by atoms with Gasteiger partial charge in [0.2, 0.25) is 0 Å². The summed E-state index contributed by atoms with van der Waals surface area (Å²) in [5.74, 6) is 1.10. The topological polar surface area (TPSA) is 128 Å². The summed E-state index contributed by atoms with van der Waals surface area (Å²) < 4.78 is 22.5. The molecule has 0 radical (unpaired) electrons. The van der Waals surface area contributed by atoms with Crippen molar-refractivity contribution in [3.8, 4) is 39.8 Å². The number of aryl methyl sites for hydroxylation is 1. The van der Waals surface area contributed by atoms with E-state index in [1.807, 2.05) is 48.5 Å². The molecule has 2 aromatic carbocycles. The van der Waals surface area contributed by atoms with Crippen LogP contribution in [0.25, 0.3) is 45.0 Å². The van der Waals surface area contributed by atoms with Crippen LogP contribution in [0.5, 0.6) is 6.01 Å². The van der Waals surface area contributed by atoms with Gasteiger partial charge in [-0.1, -0.05) is 53.2 Å². The molecule has 38 heavy (non-hydrogen) atoms. The third-order valence-electron chi connectivity index (χ3n) is 6.80. The molecule has 2 aliphatic rings. The normalized spacial score (nSPS) is 22.7. The zero-order valence-electron chi connectivity index (χ0n) is 20.2. The third kappa shape index (κ3) is 4.11. The summed E-state index contributed by atoms with van der Waals surface area (Å²) in [5, 5.41) is 14.3. The van der Waals surface area contributed by atoms with Crippen LogP contribution in [0.1, 0.15) is 5.82 Å². The van der Waals surface area contributed by atoms with E-state index in [1.54, 1.807) is 13.0 Å². The Kier molecular flexibility index (Phi) is 5.62. The Bertz CT molecular complexity index is 1620. The minimum atomic E-state index is -0.640. The van der Waals surface area contributed by atoms with E-state index in [4.69, 9.17) is 30.3 Å². The molecule has 0 unspecified atom stereocenters. The van der Waals surface area contributed by atoms with Gasteiger partial charge in [0.25, 0.3) is 11.9 Å². The fourth-order valence-corrected chi connectivity index (χ4v) is 5.14. The first-order valence-corrected chi connectivity index (χ1v) is 12.6. The van der Waals surface area contributed by atoms with Gasteiger partial charge in [0, 0.05) is 11.1 Å². The average Bonchev–Trinajstić information content (AvgIpc) is 3.71. The van der Waals surface area contributed by atoms with E-state index in [0.717, 1.165) is 22.3 Å². The zero-order valence-corrected chi connectivity index (χ0v) is 20.9. The van der Waals surface area contributed by atoms with Crippen molar-refractivity contribution in [1.82, 2.24) is 25.1 Å². The summed E-state index contributed by atoms with van der Waals surface area (Å²) in [4.78, 5) is 16.6. The predicted molar refractivity (Wildman–Crippen MR) is 138 cm³/mol. The maximum absolute atomic E-state index is 9.94. The lowest BCUT2D eigenvalue weighted by molar-refractivity contribution is 0.00706. The van der Waals surface area contributed by atoms with Crippen molar-refractivity contribution in [2.45, 2.75) is 31.3 Å². The predicted octanol–water partition coefficient (Wildman–Crippen LogP) is 4.21. The Balaban J connectivity index is 1.11. The number of benzene rings is 2. The molecule has 11 heteroatoms. The van der Waals surface area contributed by atoms with Gasteiger partial charge in [-0.15, -0.1) is 0 Å². The molecule has 3 aromatic heterocycles. The highest BCUT2D eigenvalue weighted by atomic mass is 35.5. The number of fused-ring (bicyclic) bond motifs is 2. The lowest BCUT2D eigenvalue weighted by Gasteiger charge is -2.15. The summed E-state index contributed by atoms with van der Waals surface area (Å²) >= 11 is 6.60. The maximum Gasteiger partial charge on any atom is 0.296 e. The maximum atomic E-state index is 9.94. The first kappa shape index (κ1) is 23.3. The van der Waals surface area contributed by atoms with Crippen molar-refractivity contribution in [3.05, 3.63) is 65.4 Å². The number of nitrogens with zero attached hydrogens (tertiary/aromatic N) is 4. The number of halogens is 1. The molecular weight excluding hydrogens is 510 g/mol. The quantitative estimate of drug-likeness (QED) is 0.342. The van der Waals surface area contributed by atoms with E-state index in [9.17, 15) is 5.11 Å². The fourth-order valence-electron chi connectivity index (χ4n) is 4.88. The molecule has 4 atom stereocenters. The van der Waals surface area contributed by atoms with Crippen LogP contribution in [0.4, 0.5) is 0 Å². The number of aromatic amines is 1. The van der Waals surface area contributed by atoms with Gasteiger partial charge in [-0.2, -0.15) is 9.97 Å². The highest BCUT2D eigenvalue weighted by Gasteiger charge is 2.48. The summed E-state index contributed by atoms with van der Waals surface area (Å²) in [6.45, 7) is 2.34. The van der Waals surface area contributed by atoms with Gasteiger partial charge in [0.15, 0.2) is 17.6 Å². The summed E-state index contributed by atoms with van der Waals surface area (Å²) in [6.07, 6.45) is -1.72. The summed E-state index contributed by atoms with van der Waals surface area (Å²) in [6, 6.07) is 18.0. The zero-order chi connectivity index (χ0) is 25.8. The average molecular weight is 532 g/mol. The molecule has 192 valence electrons. The third-order valence-corrected chi connectivity index (χ3v) is 7.09. The molecule has 2 N–H and O–H groups in total. The van der Waals surface area contributed by atoms with Crippen LogP contribution in [0.3, 0.4) is 0 Å². The van der Waals surface area contributed by atoms with Crippen LogP contribution in [-0.2, 0) is 9.47 Å². The van der Waals surface area contributed by atoms with Crippen molar-refractivity contribution < 1.29 is 23.8 Å². The number of ether oxygens (including phenoxy) is 3. The molecule has 5 heterocycles. The molecule has 0 aliphatic carbocycles. The molecule has 10 nitrogen and oxygen atoms in total. The minimum Gasteiger partial charge on any atom is -0.456 e. The van der Waals surface area contributed by atoms with Crippen LogP contribution < -0.4 is 4.74 Å². The number of rotatable bonds is 5. The van der Waals surface area contributed by atoms with Crippen molar-refractivity contribution in [2.75, 3.05) is 13.2 Å². The Morgan fingerprint density at radius 2 is 1.58 bits per heavy atom. The van der Waals surface area contributed by atoms with Crippen molar-refractivity contribution in [2.24, 2.45) is 0 Å².